The van der Waals surface area contributed by atoms with E-state index in [9.17, 15) is 9.18 Å². The Morgan fingerprint density at radius 2 is 2.00 bits per heavy atom. The molecule has 2 fully saturated rings. The molecule has 4 rings (SSSR count). The highest BCUT2D eigenvalue weighted by molar-refractivity contribution is 5.92. The predicted octanol–water partition coefficient (Wildman–Crippen LogP) is 3.29. The third-order valence-electron chi connectivity index (χ3n) is 6.16. The molecule has 0 radical (unpaired) electrons. The van der Waals surface area contributed by atoms with Crippen LogP contribution in [-0.2, 0) is 6.42 Å². The van der Waals surface area contributed by atoms with E-state index in [0.29, 0.717) is 29.8 Å². The zero-order valence-corrected chi connectivity index (χ0v) is 17.6. The van der Waals surface area contributed by atoms with Gasteiger partial charge in [0.1, 0.15) is 5.82 Å². The van der Waals surface area contributed by atoms with Gasteiger partial charge in [-0.05, 0) is 68.6 Å². The summed E-state index contributed by atoms with van der Waals surface area (Å²) in [6, 6.07) is 5.85. The molecule has 2 N–H and O–H groups in total. The molecule has 29 heavy (non-hydrogen) atoms. The minimum atomic E-state index is -0.171. The van der Waals surface area contributed by atoms with Crippen molar-refractivity contribution >= 4 is 18.3 Å². The van der Waals surface area contributed by atoms with E-state index in [1.54, 1.807) is 13.1 Å². The second-order valence-corrected chi connectivity index (χ2v) is 8.35. The standard InChI is InChI=1S/C21H28FN5O.ClH/c1-14-10-15(2-7-19(14)22)11-16-8-9-26(12-16)21(28)20-13-27(25-24-20)18-5-3-17(23)4-6-18;/h2,7,10,13,16-18H,3-6,8-9,11-12,23H2,1H3;1H. The largest absolute Gasteiger partial charge is 0.337 e. The Hall–Kier alpha value is -1.99. The minimum absolute atomic E-state index is 0. The van der Waals surface area contributed by atoms with Gasteiger partial charge in [-0.15, -0.1) is 17.5 Å². The summed E-state index contributed by atoms with van der Waals surface area (Å²) in [5, 5.41) is 8.34. The summed E-state index contributed by atoms with van der Waals surface area (Å²) < 4.78 is 15.3. The maximum atomic E-state index is 13.4. The number of nitrogens with two attached hydrogens (primary N) is 1. The van der Waals surface area contributed by atoms with Crippen LogP contribution < -0.4 is 5.73 Å². The number of carbonyl (C=O) groups excluding carboxylic acids is 1. The van der Waals surface area contributed by atoms with E-state index < -0.39 is 0 Å². The van der Waals surface area contributed by atoms with Gasteiger partial charge in [-0.3, -0.25) is 4.79 Å². The highest BCUT2D eigenvalue weighted by Gasteiger charge is 2.29. The average Bonchev–Trinajstić information content (AvgIpc) is 3.35. The summed E-state index contributed by atoms with van der Waals surface area (Å²) in [6.07, 6.45) is 7.56. The fourth-order valence-corrected chi connectivity index (χ4v) is 4.43. The molecule has 2 aliphatic rings. The number of likely N-dealkylation sites (tertiary alicyclic amines) is 1. The molecule has 6 nitrogen and oxygen atoms in total. The molecule has 0 bridgehead atoms. The Bertz CT molecular complexity index is 849. The fourth-order valence-electron chi connectivity index (χ4n) is 4.43. The molecule has 1 saturated carbocycles. The van der Waals surface area contributed by atoms with Gasteiger partial charge in [0.2, 0.25) is 0 Å². The van der Waals surface area contributed by atoms with E-state index in [2.05, 4.69) is 10.3 Å². The molecular formula is C21H29ClFN5O. The smallest absolute Gasteiger partial charge is 0.276 e. The van der Waals surface area contributed by atoms with Crippen molar-refractivity contribution in [3.8, 4) is 0 Å². The maximum Gasteiger partial charge on any atom is 0.276 e. The molecule has 1 aromatic carbocycles. The Morgan fingerprint density at radius 1 is 1.24 bits per heavy atom. The third kappa shape index (κ3) is 4.95. The van der Waals surface area contributed by atoms with Crippen LogP contribution in [0.2, 0.25) is 0 Å². The predicted molar refractivity (Wildman–Crippen MR) is 112 cm³/mol. The monoisotopic (exact) mass is 421 g/mol. The van der Waals surface area contributed by atoms with Gasteiger partial charge in [-0.25, -0.2) is 9.07 Å². The molecule has 158 valence electrons. The number of carbonyl (C=O) groups is 1. The van der Waals surface area contributed by atoms with Gasteiger partial charge in [0.15, 0.2) is 5.69 Å². The topological polar surface area (TPSA) is 77.0 Å². The molecule has 1 aliphatic heterocycles. The van der Waals surface area contributed by atoms with E-state index in [1.165, 1.54) is 6.07 Å². The van der Waals surface area contributed by atoms with Gasteiger partial charge >= 0.3 is 0 Å². The fraction of sp³-hybridized carbons (Fsp3) is 0.571. The normalized spacial score (nSPS) is 24.4. The van der Waals surface area contributed by atoms with E-state index in [-0.39, 0.29) is 30.2 Å². The van der Waals surface area contributed by atoms with Crippen molar-refractivity contribution in [1.82, 2.24) is 19.9 Å². The second kappa shape index (κ2) is 9.22. The lowest BCUT2D eigenvalue weighted by Gasteiger charge is -2.25. The number of hydrogen-bond acceptors (Lipinski definition) is 4. The van der Waals surface area contributed by atoms with Crippen LogP contribution in [0.3, 0.4) is 0 Å². The first-order valence-electron chi connectivity index (χ1n) is 10.2. The van der Waals surface area contributed by atoms with E-state index in [1.807, 2.05) is 21.7 Å². The van der Waals surface area contributed by atoms with Gasteiger partial charge in [-0.1, -0.05) is 17.3 Å². The molecule has 1 amide bonds. The number of amides is 1. The highest BCUT2D eigenvalue weighted by Crippen LogP contribution is 2.27. The number of halogens is 2. The number of rotatable bonds is 4. The molecular weight excluding hydrogens is 393 g/mol. The molecule has 8 heteroatoms. The van der Waals surface area contributed by atoms with Crippen molar-refractivity contribution in [2.24, 2.45) is 11.7 Å². The first kappa shape index (κ1) is 21.7. The number of aromatic nitrogens is 3. The summed E-state index contributed by atoms with van der Waals surface area (Å²) in [4.78, 5) is 14.7. The van der Waals surface area contributed by atoms with E-state index in [4.69, 9.17) is 5.73 Å². The zero-order chi connectivity index (χ0) is 19.7. The van der Waals surface area contributed by atoms with Crippen LogP contribution in [0.4, 0.5) is 4.39 Å². The maximum absolute atomic E-state index is 13.4. The van der Waals surface area contributed by atoms with Crippen molar-refractivity contribution in [2.75, 3.05) is 13.1 Å². The molecule has 1 aromatic heterocycles. The Balaban J connectivity index is 0.00000240. The average molecular weight is 422 g/mol. The van der Waals surface area contributed by atoms with Crippen LogP contribution in [0.15, 0.2) is 24.4 Å². The Kier molecular flexibility index (Phi) is 6.90. The zero-order valence-electron chi connectivity index (χ0n) is 16.8. The number of nitrogens with zero attached hydrogens (tertiary/aromatic N) is 4. The first-order chi connectivity index (χ1) is 13.5. The quantitative estimate of drug-likeness (QED) is 0.821. The van der Waals surface area contributed by atoms with Crippen LogP contribution in [-0.4, -0.2) is 44.9 Å². The lowest BCUT2D eigenvalue weighted by atomic mass is 9.92. The van der Waals surface area contributed by atoms with Gasteiger partial charge in [0.25, 0.3) is 5.91 Å². The van der Waals surface area contributed by atoms with Crippen molar-refractivity contribution in [1.29, 1.82) is 0 Å². The summed E-state index contributed by atoms with van der Waals surface area (Å²) in [7, 11) is 0. The van der Waals surface area contributed by atoms with Gasteiger partial charge < -0.3 is 10.6 Å². The van der Waals surface area contributed by atoms with Gasteiger partial charge in [-0.2, -0.15) is 0 Å². The van der Waals surface area contributed by atoms with Crippen LogP contribution in [0.25, 0.3) is 0 Å². The molecule has 2 aromatic rings. The molecule has 1 atom stereocenters. The minimum Gasteiger partial charge on any atom is -0.337 e. The van der Waals surface area contributed by atoms with Gasteiger partial charge in [0.05, 0.1) is 12.2 Å². The first-order valence-corrected chi connectivity index (χ1v) is 10.2. The summed E-state index contributed by atoms with van der Waals surface area (Å²) in [5.74, 6) is 0.176. The lowest BCUT2D eigenvalue weighted by Crippen LogP contribution is -2.29. The third-order valence-corrected chi connectivity index (χ3v) is 6.16. The SMILES string of the molecule is Cc1cc(CC2CCN(C(=O)c3cn(C4CCC(N)CC4)nn3)C2)ccc1F.Cl. The Labute approximate surface area is 177 Å². The number of aryl methyl sites for hydroxylation is 1. The number of benzene rings is 1. The highest BCUT2D eigenvalue weighted by atomic mass is 35.5. The molecule has 0 spiro atoms. The van der Waals surface area contributed by atoms with Gasteiger partial charge in [0, 0.05) is 19.1 Å². The van der Waals surface area contributed by atoms with Crippen LogP contribution in [0.5, 0.6) is 0 Å². The Morgan fingerprint density at radius 3 is 2.72 bits per heavy atom. The van der Waals surface area contributed by atoms with E-state index >= 15 is 0 Å². The summed E-state index contributed by atoms with van der Waals surface area (Å²) in [6.45, 7) is 3.22. The van der Waals surface area contributed by atoms with Crippen molar-refractivity contribution in [3.63, 3.8) is 0 Å². The number of hydrogen-bond donors (Lipinski definition) is 1. The summed E-state index contributed by atoms with van der Waals surface area (Å²) >= 11 is 0. The van der Waals surface area contributed by atoms with E-state index in [0.717, 1.165) is 50.6 Å². The van der Waals surface area contributed by atoms with Crippen LogP contribution in [0, 0.1) is 18.7 Å². The lowest BCUT2D eigenvalue weighted by molar-refractivity contribution is 0.0781. The van der Waals surface area contributed by atoms with Crippen molar-refractivity contribution in [2.45, 2.75) is 57.5 Å². The molecule has 1 aliphatic carbocycles. The molecule has 1 saturated heterocycles. The van der Waals surface area contributed by atoms with Crippen LogP contribution >= 0.6 is 12.4 Å². The van der Waals surface area contributed by atoms with Crippen LogP contribution in [0.1, 0.15) is 59.8 Å². The van der Waals surface area contributed by atoms with Crippen molar-refractivity contribution < 1.29 is 9.18 Å². The molecule has 2 heterocycles. The second-order valence-electron chi connectivity index (χ2n) is 8.35. The molecule has 1 unspecified atom stereocenters. The van der Waals surface area contributed by atoms with Crippen molar-refractivity contribution in [3.05, 3.63) is 47.0 Å². The summed E-state index contributed by atoms with van der Waals surface area (Å²) in [5.41, 5.74) is 8.19.